The maximum atomic E-state index is 12.0. The highest BCUT2D eigenvalue weighted by atomic mass is 32.2. The van der Waals surface area contributed by atoms with Crippen LogP contribution < -0.4 is 4.74 Å². The van der Waals surface area contributed by atoms with Gasteiger partial charge in [0, 0.05) is 38.2 Å². The third-order valence-electron chi connectivity index (χ3n) is 3.62. The minimum absolute atomic E-state index is 0.0730. The number of ether oxygens (including phenoxy) is 1. The zero-order valence-corrected chi connectivity index (χ0v) is 14.8. The van der Waals surface area contributed by atoms with E-state index in [-0.39, 0.29) is 16.3 Å². The van der Waals surface area contributed by atoms with Gasteiger partial charge in [-0.3, -0.25) is 9.59 Å². The third-order valence-corrected chi connectivity index (χ3v) is 4.60. The normalized spacial score (nSPS) is 17.8. The van der Waals surface area contributed by atoms with Crippen LogP contribution in [0.4, 0.5) is 0 Å². The lowest BCUT2D eigenvalue weighted by Gasteiger charge is -2.17. The van der Waals surface area contributed by atoms with Crippen LogP contribution in [-0.2, 0) is 16.1 Å². The van der Waals surface area contributed by atoms with E-state index in [1.165, 1.54) is 11.8 Å². The van der Waals surface area contributed by atoms with Gasteiger partial charge in [0.25, 0.3) is 0 Å². The van der Waals surface area contributed by atoms with E-state index < -0.39 is 0 Å². The van der Waals surface area contributed by atoms with Crippen molar-refractivity contribution in [1.82, 2.24) is 9.80 Å². The highest BCUT2D eigenvalue weighted by molar-refractivity contribution is 8.14. The van der Waals surface area contributed by atoms with Crippen LogP contribution >= 0.6 is 11.8 Å². The van der Waals surface area contributed by atoms with E-state index >= 15 is 0 Å². The molecule has 0 spiro atoms. The molecule has 1 saturated heterocycles. The van der Waals surface area contributed by atoms with Crippen molar-refractivity contribution in [3.8, 4) is 5.75 Å². The molecular formula is C17H24N2O3S. The first kappa shape index (κ1) is 17.8. The summed E-state index contributed by atoms with van der Waals surface area (Å²) in [6, 6.07) is 7.86. The molecule has 1 aliphatic rings. The Kier molecular flexibility index (Phi) is 6.47. The predicted octanol–water partition coefficient (Wildman–Crippen LogP) is 2.01. The second kappa shape index (κ2) is 8.36. The number of rotatable bonds is 7. The van der Waals surface area contributed by atoms with Crippen molar-refractivity contribution >= 4 is 22.8 Å². The molecule has 23 heavy (non-hydrogen) atoms. The summed E-state index contributed by atoms with van der Waals surface area (Å²) < 4.78 is 5.66. The second-order valence-electron chi connectivity index (χ2n) is 6.01. The molecule has 0 N–H and O–H groups in total. The van der Waals surface area contributed by atoms with Gasteiger partial charge < -0.3 is 14.5 Å². The molecular weight excluding hydrogens is 312 g/mol. The lowest BCUT2D eigenvalue weighted by Crippen LogP contribution is -2.25. The van der Waals surface area contributed by atoms with Crippen LogP contribution in [0.3, 0.4) is 0 Å². The molecule has 1 heterocycles. The van der Waals surface area contributed by atoms with Gasteiger partial charge in [-0.1, -0.05) is 23.9 Å². The van der Waals surface area contributed by atoms with Crippen molar-refractivity contribution in [2.24, 2.45) is 0 Å². The molecule has 126 valence electrons. The lowest BCUT2D eigenvalue weighted by molar-refractivity contribution is -0.128. The van der Waals surface area contributed by atoms with E-state index in [0.717, 1.165) is 17.9 Å². The Morgan fingerprint density at radius 1 is 1.35 bits per heavy atom. The first-order chi connectivity index (χ1) is 10.9. The van der Waals surface area contributed by atoms with Gasteiger partial charge in [0.15, 0.2) is 5.12 Å². The molecule has 6 heteroatoms. The Morgan fingerprint density at radius 2 is 2.04 bits per heavy atom. The number of carbonyl (C=O) groups excluding carboxylic acids is 2. The van der Waals surface area contributed by atoms with Gasteiger partial charge in [-0.25, -0.2) is 0 Å². The van der Waals surface area contributed by atoms with E-state index in [0.29, 0.717) is 26.1 Å². The maximum absolute atomic E-state index is 12.0. The Bertz CT molecular complexity index is 545. The molecule has 1 aliphatic heterocycles. The number of thioether (sulfide) groups is 1. The first-order valence-corrected chi connectivity index (χ1v) is 8.63. The second-order valence-corrected chi connectivity index (χ2v) is 7.48. The maximum Gasteiger partial charge on any atom is 0.224 e. The average molecular weight is 336 g/mol. The molecule has 1 aromatic carbocycles. The molecule has 1 aromatic rings. The van der Waals surface area contributed by atoms with Crippen LogP contribution in [-0.4, -0.2) is 59.9 Å². The number of hydrogen-bond acceptors (Lipinski definition) is 5. The fourth-order valence-corrected chi connectivity index (χ4v) is 3.41. The topological polar surface area (TPSA) is 49.9 Å². The average Bonchev–Trinajstić information content (AvgIpc) is 2.79. The van der Waals surface area contributed by atoms with Gasteiger partial charge in [0.2, 0.25) is 5.91 Å². The lowest BCUT2D eigenvalue weighted by atomic mass is 10.2. The summed E-state index contributed by atoms with van der Waals surface area (Å²) in [5, 5.41) is 0.164. The van der Waals surface area contributed by atoms with E-state index in [1.54, 1.807) is 6.92 Å². The number of likely N-dealkylation sites (N-methyl/N-ethyl adjacent to an activating group) is 1. The molecule has 2 rings (SSSR count). The van der Waals surface area contributed by atoms with Crippen molar-refractivity contribution in [1.29, 1.82) is 0 Å². The molecule has 1 unspecified atom stereocenters. The van der Waals surface area contributed by atoms with Gasteiger partial charge in [0.1, 0.15) is 12.4 Å². The van der Waals surface area contributed by atoms with Gasteiger partial charge in [-0.05, 0) is 31.8 Å². The van der Waals surface area contributed by atoms with Crippen LogP contribution in [0.25, 0.3) is 0 Å². The summed E-state index contributed by atoms with van der Waals surface area (Å²) >= 11 is 1.27. The number of nitrogens with zero attached hydrogens (tertiary/aromatic N) is 2. The number of likely N-dealkylation sites (tertiary alicyclic amines) is 1. The van der Waals surface area contributed by atoms with E-state index in [9.17, 15) is 9.59 Å². The Hall–Kier alpha value is -1.53. The Morgan fingerprint density at radius 3 is 2.65 bits per heavy atom. The van der Waals surface area contributed by atoms with Crippen LogP contribution in [0, 0.1) is 0 Å². The van der Waals surface area contributed by atoms with Crippen LogP contribution in [0.2, 0.25) is 0 Å². The van der Waals surface area contributed by atoms with Crippen LogP contribution in [0.1, 0.15) is 18.9 Å². The molecule has 1 amide bonds. The molecule has 0 aliphatic carbocycles. The summed E-state index contributed by atoms with van der Waals surface area (Å²) in [6.45, 7) is 4.31. The Balaban J connectivity index is 1.83. The minimum atomic E-state index is 0.0730. The summed E-state index contributed by atoms with van der Waals surface area (Å²) in [4.78, 5) is 27.1. The largest absolute Gasteiger partial charge is 0.492 e. The standard InChI is InChI=1S/C17H24N2O3S/c1-13(20)23-16-10-17(21)19(12-16)11-14-4-6-15(7-5-14)22-9-8-18(2)3/h4-7,16H,8-12H2,1-3H3. The van der Waals surface area contributed by atoms with Crippen LogP contribution in [0.5, 0.6) is 5.75 Å². The molecule has 0 bridgehead atoms. The van der Waals surface area contributed by atoms with Crippen LogP contribution in [0.15, 0.2) is 24.3 Å². The van der Waals surface area contributed by atoms with E-state index in [1.807, 2.05) is 43.3 Å². The van der Waals surface area contributed by atoms with Crippen molar-refractivity contribution in [2.75, 3.05) is 33.8 Å². The monoisotopic (exact) mass is 336 g/mol. The zero-order valence-electron chi connectivity index (χ0n) is 13.9. The summed E-state index contributed by atoms with van der Waals surface area (Å²) in [5.74, 6) is 0.961. The molecule has 0 radical (unpaired) electrons. The van der Waals surface area contributed by atoms with Crippen molar-refractivity contribution < 1.29 is 14.3 Å². The Labute approximate surface area is 142 Å². The number of benzene rings is 1. The highest BCUT2D eigenvalue weighted by Crippen LogP contribution is 2.25. The van der Waals surface area contributed by atoms with E-state index in [4.69, 9.17) is 4.74 Å². The quantitative estimate of drug-likeness (QED) is 0.762. The molecule has 1 fully saturated rings. The third kappa shape index (κ3) is 5.88. The fraction of sp³-hybridized carbons (Fsp3) is 0.529. The van der Waals surface area contributed by atoms with Crippen molar-refractivity contribution in [3.63, 3.8) is 0 Å². The van der Waals surface area contributed by atoms with E-state index in [2.05, 4.69) is 4.90 Å². The molecule has 0 aromatic heterocycles. The summed E-state index contributed by atoms with van der Waals surface area (Å²) in [5.41, 5.74) is 1.08. The van der Waals surface area contributed by atoms with Gasteiger partial charge in [-0.2, -0.15) is 0 Å². The highest BCUT2D eigenvalue weighted by Gasteiger charge is 2.30. The SMILES string of the molecule is CC(=O)SC1CC(=O)N(Cc2ccc(OCCN(C)C)cc2)C1. The molecule has 1 atom stereocenters. The number of carbonyl (C=O) groups is 2. The van der Waals surface area contributed by atoms with Gasteiger partial charge in [0.05, 0.1) is 0 Å². The fourth-order valence-electron chi connectivity index (χ4n) is 2.46. The summed E-state index contributed by atoms with van der Waals surface area (Å²) in [7, 11) is 4.02. The predicted molar refractivity (Wildman–Crippen MR) is 92.6 cm³/mol. The minimum Gasteiger partial charge on any atom is -0.492 e. The molecule has 5 nitrogen and oxygen atoms in total. The molecule has 0 saturated carbocycles. The number of hydrogen-bond donors (Lipinski definition) is 0. The summed E-state index contributed by atoms with van der Waals surface area (Å²) in [6.07, 6.45) is 0.454. The smallest absolute Gasteiger partial charge is 0.224 e. The zero-order chi connectivity index (χ0) is 16.8. The van der Waals surface area contributed by atoms with Crippen molar-refractivity contribution in [3.05, 3.63) is 29.8 Å². The number of amides is 1. The van der Waals surface area contributed by atoms with Gasteiger partial charge in [-0.15, -0.1) is 0 Å². The van der Waals surface area contributed by atoms with Gasteiger partial charge >= 0.3 is 0 Å². The van der Waals surface area contributed by atoms with Crippen molar-refractivity contribution in [2.45, 2.75) is 25.1 Å². The first-order valence-electron chi connectivity index (χ1n) is 7.75.